The van der Waals surface area contributed by atoms with E-state index in [1.165, 1.54) is 21.1 Å². The van der Waals surface area contributed by atoms with Gasteiger partial charge in [-0.15, -0.1) is 0 Å². The Morgan fingerprint density at radius 2 is 0.829 bits per heavy atom. The van der Waals surface area contributed by atoms with Crippen LogP contribution in [-0.2, 0) is 150 Å². The molecule has 207 valence electrons. The fourth-order valence-corrected chi connectivity index (χ4v) is 1.29. The largest absolute Gasteiger partial charge is 0.422 e. The van der Waals surface area contributed by atoms with Crippen LogP contribution in [0.2, 0.25) is 0 Å². The summed E-state index contributed by atoms with van der Waals surface area (Å²) in [4.78, 5) is 0. The third kappa shape index (κ3) is 22.1. The number of hydrogen-bond acceptors (Lipinski definition) is 16. The minimum Gasteiger partial charge on any atom is -0.400 e. The first-order chi connectivity index (χ1) is 14.6. The first-order valence-electron chi connectivity index (χ1n) is 8.47. The number of ether oxygens (including phenoxy) is 11. The molecule has 16 nitrogen and oxygen atoms in total. The molecular formula is C16H38O16Y3. The smallest absolute Gasteiger partial charge is 0.400 e. The average Bonchev–Trinajstić information content (AvgIpc) is 2.79. The van der Waals surface area contributed by atoms with Crippen molar-refractivity contribution >= 4 is 0 Å². The zero-order chi connectivity index (χ0) is 26.3. The topological polar surface area (TPSA) is 203 Å². The Morgan fingerprint density at radius 3 is 1.03 bits per heavy atom. The first-order valence-corrected chi connectivity index (χ1v) is 8.47. The maximum atomic E-state index is 10.2. The van der Waals surface area contributed by atoms with E-state index in [0.717, 1.165) is 56.7 Å². The summed E-state index contributed by atoms with van der Waals surface area (Å²) in [5, 5.41) is 43.4. The minimum atomic E-state index is -2.88. The van der Waals surface area contributed by atoms with Crippen molar-refractivity contribution in [3.05, 3.63) is 0 Å². The summed E-state index contributed by atoms with van der Waals surface area (Å²) < 4.78 is 52.3. The van der Waals surface area contributed by atoms with Crippen molar-refractivity contribution in [1.29, 1.82) is 0 Å². The van der Waals surface area contributed by atoms with Crippen LogP contribution in [0.1, 0.15) is 13.8 Å². The Morgan fingerprint density at radius 1 is 0.457 bits per heavy atom. The Bertz CT molecular complexity index is 460. The molecule has 0 spiro atoms. The van der Waals surface area contributed by atoms with Gasteiger partial charge in [-0.3, -0.25) is 0 Å². The molecular weight excluding hydrogens is 715 g/mol. The van der Waals surface area contributed by atoms with Crippen LogP contribution in [0.3, 0.4) is 0 Å². The summed E-state index contributed by atoms with van der Waals surface area (Å²) in [6, 6.07) is 0. The van der Waals surface area contributed by atoms with Crippen molar-refractivity contribution in [2.45, 2.75) is 44.3 Å². The third-order valence-electron chi connectivity index (χ3n) is 3.29. The third-order valence-corrected chi connectivity index (χ3v) is 3.29. The SMILES string of the molecule is CO.COC(C)(OC)OC(OC)(OC)O[C@@](O)(OC)O[C@@](C)(O)OC.COC(O)(O)OC.[Y].[Y].[Y]. The molecule has 0 bridgehead atoms. The fraction of sp³-hybridized carbons (Fsp3) is 1.00. The Kier molecular flexibility index (Phi) is 35.3. The van der Waals surface area contributed by atoms with Gasteiger partial charge in [-0.1, -0.05) is 0 Å². The molecule has 0 aliphatic carbocycles. The summed E-state index contributed by atoms with van der Waals surface area (Å²) >= 11 is 0. The Hall–Kier alpha value is 2.67. The van der Waals surface area contributed by atoms with Gasteiger partial charge in [-0.05, 0) is 0 Å². The molecule has 0 amide bonds. The zero-order valence-electron chi connectivity index (χ0n) is 22.0. The van der Waals surface area contributed by atoms with Crippen LogP contribution in [0.5, 0.6) is 0 Å². The van der Waals surface area contributed by atoms with Crippen LogP contribution >= 0.6 is 0 Å². The zero-order valence-corrected chi connectivity index (χ0v) is 30.5. The molecule has 0 saturated heterocycles. The summed E-state index contributed by atoms with van der Waals surface area (Å²) in [5.74, 6) is -3.94. The van der Waals surface area contributed by atoms with Crippen LogP contribution < -0.4 is 0 Å². The molecule has 3 radical (unpaired) electrons. The molecule has 5 N–H and O–H groups in total. The van der Waals surface area contributed by atoms with Crippen LogP contribution in [-0.4, -0.2) is 120 Å². The molecule has 2 atom stereocenters. The molecule has 0 unspecified atom stereocenters. The van der Waals surface area contributed by atoms with Crippen molar-refractivity contribution in [1.82, 2.24) is 0 Å². The van der Waals surface area contributed by atoms with E-state index in [9.17, 15) is 10.2 Å². The number of methoxy groups -OCH3 is 8. The standard InChI is InChI=1S/C12H26O11.C3H8O4.CH4O.3Y/c1-9(13,15-3)21-11(14,18-6)23-12(19-7,20-8)22-10(2,16-4)17-5;1-6-3(4,5)7-2;1-2;;;/h13-14H,1-8H3;4-5H,1-2H3;2H,1H3;;;/t9-,11-;;;;;/m0...../s1. The molecule has 0 aromatic rings. The summed E-state index contributed by atoms with van der Waals surface area (Å²) in [7, 11) is 10.2. The Labute approximate surface area is 281 Å². The molecule has 0 rings (SSSR count). The van der Waals surface area contributed by atoms with E-state index in [2.05, 4.69) is 18.9 Å². The maximum absolute atomic E-state index is 10.2. The Balaban J connectivity index is -0.000000151. The normalized spacial score (nSPS) is 14.7. The second-order valence-corrected chi connectivity index (χ2v) is 5.27. The van der Waals surface area contributed by atoms with Gasteiger partial charge < -0.3 is 63.4 Å². The average molecular weight is 753 g/mol. The second kappa shape index (κ2) is 24.5. The molecule has 0 fully saturated rings. The monoisotopic (exact) mass is 753 g/mol. The van der Waals surface area contributed by atoms with Gasteiger partial charge in [-0.2, -0.15) is 0 Å². The van der Waals surface area contributed by atoms with Crippen LogP contribution in [0.25, 0.3) is 0 Å². The summed E-state index contributed by atoms with van der Waals surface area (Å²) in [6.07, 6.45) is -7.69. The summed E-state index contributed by atoms with van der Waals surface area (Å²) in [6.45, 7) is 2.46. The van der Waals surface area contributed by atoms with Gasteiger partial charge in [0.1, 0.15) is 0 Å². The van der Waals surface area contributed by atoms with E-state index in [-0.39, 0.29) is 98.1 Å². The predicted octanol–water partition coefficient (Wildman–Crippen LogP) is -2.05. The molecule has 35 heavy (non-hydrogen) atoms. The molecule has 0 aromatic heterocycles. The van der Waals surface area contributed by atoms with Gasteiger partial charge in [0.2, 0.25) is 0 Å². The molecule has 0 saturated carbocycles. The van der Waals surface area contributed by atoms with E-state index in [4.69, 9.17) is 48.5 Å². The van der Waals surface area contributed by atoms with Gasteiger partial charge in [0.15, 0.2) is 0 Å². The first kappa shape index (κ1) is 50.5. The van der Waals surface area contributed by atoms with Crippen molar-refractivity contribution in [3.8, 4) is 0 Å². The van der Waals surface area contributed by atoms with Crippen molar-refractivity contribution in [3.63, 3.8) is 0 Å². The van der Waals surface area contributed by atoms with Crippen molar-refractivity contribution < 1.29 is 176 Å². The number of aliphatic hydroxyl groups excluding tert-OH is 1. The van der Waals surface area contributed by atoms with Crippen molar-refractivity contribution in [2.75, 3.05) is 64.0 Å². The number of hydrogen-bond donors (Lipinski definition) is 5. The van der Waals surface area contributed by atoms with E-state index >= 15 is 0 Å². The molecule has 0 aliphatic rings. The minimum absolute atomic E-state index is 0. The second-order valence-electron chi connectivity index (χ2n) is 5.27. The molecule has 0 heterocycles. The molecule has 19 heteroatoms. The van der Waals surface area contributed by atoms with E-state index < -0.39 is 30.4 Å². The van der Waals surface area contributed by atoms with Gasteiger partial charge in [0, 0.05) is 176 Å². The van der Waals surface area contributed by atoms with E-state index in [1.807, 2.05) is 0 Å². The maximum Gasteiger partial charge on any atom is 0.422 e. The van der Waals surface area contributed by atoms with Crippen molar-refractivity contribution in [2.24, 2.45) is 0 Å². The van der Waals surface area contributed by atoms with Crippen LogP contribution in [0.15, 0.2) is 0 Å². The van der Waals surface area contributed by atoms with Gasteiger partial charge in [0.05, 0.1) is 0 Å². The number of rotatable bonds is 14. The number of aliphatic hydroxyl groups is 5. The van der Waals surface area contributed by atoms with Gasteiger partial charge >= 0.3 is 18.5 Å². The van der Waals surface area contributed by atoms with Gasteiger partial charge in [-0.25, -0.2) is 14.2 Å². The fourth-order valence-electron chi connectivity index (χ4n) is 1.29. The van der Waals surface area contributed by atoms with E-state index in [1.54, 1.807) is 0 Å². The van der Waals surface area contributed by atoms with Crippen LogP contribution in [0, 0.1) is 0 Å². The predicted molar refractivity (Wildman–Crippen MR) is 101 cm³/mol. The van der Waals surface area contributed by atoms with Gasteiger partial charge in [0.25, 0.3) is 11.9 Å². The summed E-state index contributed by atoms with van der Waals surface area (Å²) in [5.41, 5.74) is 0. The van der Waals surface area contributed by atoms with Crippen LogP contribution in [0.4, 0.5) is 0 Å². The quantitative estimate of drug-likeness (QED) is 0.121. The molecule has 0 aliphatic heterocycles. The molecule has 0 aromatic carbocycles. The van der Waals surface area contributed by atoms with E-state index in [0.29, 0.717) is 0 Å².